The maximum Gasteiger partial charge on any atom is 0.254 e. The standard InChI is InChI=1S/C24H32N4O3S/c1-18(23-12-8-9-13-25-23)28(4)24(29)20-14-21(26-17-19-10-6-5-7-11-19)16-22(15-20)32(30,31)27(2)3/h5-6,8-9,12-16,18-19,26H,7,10-11,17H2,1-4H3/t18-,19+/m0/s1. The number of aromatic nitrogens is 1. The van der Waals surface area contributed by atoms with Gasteiger partial charge in [0.2, 0.25) is 10.0 Å². The third-order valence-electron chi connectivity index (χ3n) is 5.92. The van der Waals surface area contributed by atoms with Crippen LogP contribution in [-0.2, 0) is 10.0 Å². The van der Waals surface area contributed by atoms with Gasteiger partial charge in [-0.2, -0.15) is 0 Å². The molecule has 7 nitrogen and oxygen atoms in total. The number of pyridine rings is 1. The van der Waals surface area contributed by atoms with Crippen molar-refractivity contribution in [3.8, 4) is 0 Å². The molecule has 0 aliphatic heterocycles. The molecule has 8 heteroatoms. The van der Waals surface area contributed by atoms with Gasteiger partial charge in [0, 0.05) is 45.1 Å². The number of nitrogens with one attached hydrogen (secondary N) is 1. The maximum absolute atomic E-state index is 13.3. The van der Waals surface area contributed by atoms with Gasteiger partial charge in [0.25, 0.3) is 5.91 Å². The predicted molar refractivity (Wildman–Crippen MR) is 127 cm³/mol. The molecule has 0 unspecified atom stereocenters. The maximum atomic E-state index is 13.3. The molecule has 1 aromatic heterocycles. The molecule has 3 rings (SSSR count). The number of allylic oxidation sites excluding steroid dienone is 2. The van der Waals surface area contributed by atoms with Gasteiger partial charge in [0.15, 0.2) is 0 Å². The molecule has 0 bridgehead atoms. The second-order valence-electron chi connectivity index (χ2n) is 8.41. The Bertz CT molecular complexity index is 1070. The molecule has 0 fully saturated rings. The Hall–Kier alpha value is -2.71. The van der Waals surface area contributed by atoms with Crippen molar-refractivity contribution in [1.29, 1.82) is 0 Å². The first-order chi connectivity index (χ1) is 15.2. The van der Waals surface area contributed by atoms with E-state index in [0.29, 0.717) is 17.2 Å². The summed E-state index contributed by atoms with van der Waals surface area (Å²) in [5, 5.41) is 3.36. The molecule has 0 saturated carbocycles. The summed E-state index contributed by atoms with van der Waals surface area (Å²) < 4.78 is 26.8. The number of hydrogen-bond donors (Lipinski definition) is 1. The first-order valence-electron chi connectivity index (χ1n) is 10.8. The molecule has 1 heterocycles. The zero-order valence-electron chi connectivity index (χ0n) is 19.2. The van der Waals surface area contributed by atoms with Gasteiger partial charge < -0.3 is 10.2 Å². The van der Waals surface area contributed by atoms with Crippen molar-refractivity contribution in [2.75, 3.05) is 33.0 Å². The highest BCUT2D eigenvalue weighted by atomic mass is 32.2. The van der Waals surface area contributed by atoms with Crippen molar-refractivity contribution < 1.29 is 13.2 Å². The van der Waals surface area contributed by atoms with Gasteiger partial charge in [-0.05, 0) is 62.4 Å². The van der Waals surface area contributed by atoms with E-state index in [2.05, 4.69) is 22.5 Å². The fourth-order valence-electron chi connectivity index (χ4n) is 3.69. The lowest BCUT2D eigenvalue weighted by atomic mass is 9.94. The molecule has 1 N–H and O–H groups in total. The Morgan fingerprint density at radius 2 is 1.97 bits per heavy atom. The minimum absolute atomic E-state index is 0.0956. The molecule has 0 radical (unpaired) electrons. The van der Waals surface area contributed by atoms with Gasteiger partial charge in [0.05, 0.1) is 16.6 Å². The van der Waals surface area contributed by atoms with Crippen LogP contribution in [0, 0.1) is 5.92 Å². The van der Waals surface area contributed by atoms with E-state index in [4.69, 9.17) is 0 Å². The van der Waals surface area contributed by atoms with Crippen LogP contribution in [0.15, 0.2) is 59.6 Å². The number of carbonyl (C=O) groups is 1. The summed E-state index contributed by atoms with van der Waals surface area (Å²) in [6.07, 6.45) is 9.22. The zero-order valence-corrected chi connectivity index (χ0v) is 20.0. The van der Waals surface area contributed by atoms with Crippen LogP contribution in [0.1, 0.15) is 48.3 Å². The largest absolute Gasteiger partial charge is 0.385 e. The number of carbonyl (C=O) groups excluding carboxylic acids is 1. The number of amides is 1. The fraction of sp³-hybridized carbons (Fsp3) is 0.417. The quantitative estimate of drug-likeness (QED) is 0.609. The monoisotopic (exact) mass is 456 g/mol. The van der Waals surface area contributed by atoms with E-state index < -0.39 is 10.0 Å². The van der Waals surface area contributed by atoms with E-state index in [-0.39, 0.29) is 16.8 Å². The van der Waals surface area contributed by atoms with Gasteiger partial charge in [-0.15, -0.1) is 0 Å². The van der Waals surface area contributed by atoms with Crippen molar-refractivity contribution in [1.82, 2.24) is 14.2 Å². The van der Waals surface area contributed by atoms with Gasteiger partial charge in [-0.1, -0.05) is 18.2 Å². The highest BCUT2D eigenvalue weighted by Gasteiger charge is 2.24. The van der Waals surface area contributed by atoms with Crippen LogP contribution in [0.4, 0.5) is 5.69 Å². The topological polar surface area (TPSA) is 82.6 Å². The molecule has 0 spiro atoms. The summed E-state index contributed by atoms with van der Waals surface area (Å²) >= 11 is 0. The van der Waals surface area contributed by atoms with Crippen LogP contribution in [0.2, 0.25) is 0 Å². The minimum Gasteiger partial charge on any atom is -0.385 e. The normalized spacial score (nSPS) is 17.2. The lowest BCUT2D eigenvalue weighted by Gasteiger charge is -2.25. The first kappa shape index (κ1) is 23.9. The van der Waals surface area contributed by atoms with Crippen LogP contribution >= 0.6 is 0 Å². The molecule has 2 atom stereocenters. The number of rotatable bonds is 8. The molecule has 0 saturated heterocycles. The Morgan fingerprint density at radius 1 is 1.19 bits per heavy atom. The summed E-state index contributed by atoms with van der Waals surface area (Å²) in [5.41, 5.74) is 1.72. The third-order valence-corrected chi connectivity index (χ3v) is 7.71. The van der Waals surface area contributed by atoms with Gasteiger partial charge >= 0.3 is 0 Å². The van der Waals surface area contributed by atoms with E-state index in [1.54, 1.807) is 30.3 Å². The number of anilines is 1. The van der Waals surface area contributed by atoms with Crippen LogP contribution in [0.25, 0.3) is 0 Å². The molecule has 2 aromatic rings. The van der Waals surface area contributed by atoms with E-state index in [0.717, 1.165) is 35.8 Å². The van der Waals surface area contributed by atoms with Crippen molar-refractivity contribution in [2.45, 2.75) is 37.1 Å². The Balaban J connectivity index is 1.90. The van der Waals surface area contributed by atoms with Crippen molar-refractivity contribution >= 4 is 21.6 Å². The van der Waals surface area contributed by atoms with Gasteiger partial charge in [-0.25, -0.2) is 12.7 Å². The van der Waals surface area contributed by atoms with Gasteiger partial charge in [0.1, 0.15) is 0 Å². The Kier molecular flexibility index (Phi) is 7.69. The molecule has 1 aliphatic rings. The minimum atomic E-state index is -3.70. The highest BCUT2D eigenvalue weighted by Crippen LogP contribution is 2.26. The average molecular weight is 457 g/mol. The number of nitrogens with zero attached hydrogens (tertiary/aromatic N) is 3. The molecular formula is C24H32N4O3S. The number of sulfonamides is 1. The summed E-state index contributed by atoms with van der Waals surface area (Å²) in [7, 11) is 0.980. The van der Waals surface area contributed by atoms with E-state index in [9.17, 15) is 13.2 Å². The zero-order chi connectivity index (χ0) is 23.3. The predicted octanol–water partition coefficient (Wildman–Crippen LogP) is 3.93. The Morgan fingerprint density at radius 3 is 2.59 bits per heavy atom. The van der Waals surface area contributed by atoms with Crippen LogP contribution in [0.3, 0.4) is 0 Å². The van der Waals surface area contributed by atoms with Crippen LogP contribution in [0.5, 0.6) is 0 Å². The van der Waals surface area contributed by atoms with Crippen molar-refractivity contribution in [2.24, 2.45) is 5.92 Å². The lowest BCUT2D eigenvalue weighted by molar-refractivity contribution is 0.0739. The van der Waals surface area contributed by atoms with Crippen LogP contribution in [-0.4, -0.2) is 56.2 Å². The Labute approximate surface area is 191 Å². The SMILES string of the molecule is C[C@@H](c1ccccn1)N(C)C(=O)c1cc(NC[C@@H]2CC=CCC2)cc(S(=O)(=O)N(C)C)c1. The van der Waals surface area contributed by atoms with Crippen molar-refractivity contribution in [3.63, 3.8) is 0 Å². The number of hydrogen-bond acceptors (Lipinski definition) is 5. The highest BCUT2D eigenvalue weighted by molar-refractivity contribution is 7.89. The van der Waals surface area contributed by atoms with Crippen LogP contribution < -0.4 is 5.32 Å². The lowest BCUT2D eigenvalue weighted by Crippen LogP contribution is -2.30. The molecular weight excluding hydrogens is 424 g/mol. The second kappa shape index (κ2) is 10.3. The third kappa shape index (κ3) is 5.55. The molecule has 32 heavy (non-hydrogen) atoms. The number of benzene rings is 1. The van der Waals surface area contributed by atoms with E-state index >= 15 is 0 Å². The van der Waals surface area contributed by atoms with Gasteiger partial charge in [-0.3, -0.25) is 9.78 Å². The molecule has 172 valence electrons. The molecule has 1 aliphatic carbocycles. The summed E-state index contributed by atoms with van der Waals surface area (Å²) in [5.74, 6) is 0.225. The van der Waals surface area contributed by atoms with E-state index in [1.165, 1.54) is 20.2 Å². The fourth-order valence-corrected chi connectivity index (χ4v) is 4.66. The van der Waals surface area contributed by atoms with E-state index in [1.807, 2.05) is 25.1 Å². The first-order valence-corrected chi connectivity index (χ1v) is 12.3. The molecule has 1 amide bonds. The summed E-state index contributed by atoms with van der Waals surface area (Å²) in [6.45, 7) is 2.63. The summed E-state index contributed by atoms with van der Waals surface area (Å²) in [6, 6.07) is 10.1. The molecule has 1 aromatic carbocycles. The smallest absolute Gasteiger partial charge is 0.254 e. The van der Waals surface area contributed by atoms with Crippen molar-refractivity contribution in [3.05, 3.63) is 66.0 Å². The summed E-state index contributed by atoms with van der Waals surface area (Å²) in [4.78, 5) is 19.3. The second-order valence-corrected chi connectivity index (χ2v) is 10.6. The average Bonchev–Trinajstić information content (AvgIpc) is 2.82.